The van der Waals surface area contributed by atoms with Crippen molar-refractivity contribution in [2.24, 2.45) is 0 Å². The van der Waals surface area contributed by atoms with Gasteiger partial charge in [0.2, 0.25) is 5.88 Å². The van der Waals surface area contributed by atoms with Gasteiger partial charge in [0.1, 0.15) is 5.15 Å². The third kappa shape index (κ3) is 1.92. The topological polar surface area (TPSA) is 61.0 Å². The van der Waals surface area contributed by atoms with E-state index in [1.54, 1.807) is 31.6 Å². The van der Waals surface area contributed by atoms with E-state index in [9.17, 15) is 0 Å². The number of hydrogen-bond donors (Lipinski definition) is 1. The summed E-state index contributed by atoms with van der Waals surface area (Å²) in [4.78, 5) is 8.08. The maximum absolute atomic E-state index is 5.99. The quantitative estimate of drug-likeness (QED) is 0.812. The van der Waals surface area contributed by atoms with Crippen LogP contribution in [0.4, 0.5) is 5.69 Å². The summed E-state index contributed by atoms with van der Waals surface area (Å²) in [5.74, 6) is 0.544. The van der Waals surface area contributed by atoms with Crippen molar-refractivity contribution in [3.05, 3.63) is 35.7 Å². The number of nitrogens with zero attached hydrogens (tertiary/aromatic N) is 2. The molecule has 0 aromatic carbocycles. The standard InChI is InChI=1S/C11H10ClN3O/c1-16-9-3-2-7(6-15-9)10-8(13)4-5-14-11(10)12/h2-6H,1H3,(H2,13,14). The molecule has 0 amide bonds. The Kier molecular flexibility index (Phi) is 2.92. The van der Waals surface area contributed by atoms with Gasteiger partial charge in [-0.2, -0.15) is 0 Å². The molecule has 0 saturated heterocycles. The van der Waals surface area contributed by atoms with Crippen LogP contribution in [-0.2, 0) is 0 Å². The molecule has 0 radical (unpaired) electrons. The van der Waals surface area contributed by atoms with Gasteiger partial charge < -0.3 is 10.5 Å². The van der Waals surface area contributed by atoms with E-state index in [1.165, 1.54) is 0 Å². The van der Waals surface area contributed by atoms with Gasteiger partial charge in [-0.15, -0.1) is 0 Å². The molecule has 2 aromatic rings. The van der Waals surface area contributed by atoms with E-state index < -0.39 is 0 Å². The second kappa shape index (κ2) is 4.37. The smallest absolute Gasteiger partial charge is 0.212 e. The summed E-state index contributed by atoms with van der Waals surface area (Å²) in [5, 5.41) is 0.368. The average molecular weight is 236 g/mol. The van der Waals surface area contributed by atoms with Crippen molar-refractivity contribution in [3.63, 3.8) is 0 Å². The maximum Gasteiger partial charge on any atom is 0.212 e. The number of methoxy groups -OCH3 is 1. The van der Waals surface area contributed by atoms with Crippen LogP contribution in [0.15, 0.2) is 30.6 Å². The van der Waals surface area contributed by atoms with Crippen molar-refractivity contribution in [1.29, 1.82) is 0 Å². The Morgan fingerprint density at radius 3 is 2.62 bits per heavy atom. The number of aromatic nitrogens is 2. The minimum Gasteiger partial charge on any atom is -0.481 e. The van der Waals surface area contributed by atoms with Gasteiger partial charge in [-0.05, 0) is 12.1 Å². The fraction of sp³-hybridized carbons (Fsp3) is 0.0909. The molecule has 0 spiro atoms. The number of halogens is 1. The highest BCUT2D eigenvalue weighted by Crippen LogP contribution is 2.31. The van der Waals surface area contributed by atoms with Gasteiger partial charge in [0.05, 0.1) is 7.11 Å². The van der Waals surface area contributed by atoms with Gasteiger partial charge in [-0.1, -0.05) is 11.6 Å². The Hall–Kier alpha value is -1.81. The number of rotatable bonds is 2. The van der Waals surface area contributed by atoms with Crippen LogP contribution >= 0.6 is 11.6 Å². The second-order valence-corrected chi connectivity index (χ2v) is 3.51. The summed E-state index contributed by atoms with van der Waals surface area (Å²) < 4.78 is 4.97. The zero-order valence-electron chi connectivity index (χ0n) is 8.64. The van der Waals surface area contributed by atoms with Gasteiger partial charge in [-0.25, -0.2) is 9.97 Å². The molecule has 0 saturated carbocycles. The first-order valence-electron chi connectivity index (χ1n) is 4.63. The minimum absolute atomic E-state index is 0.368. The monoisotopic (exact) mass is 235 g/mol. The number of pyridine rings is 2. The van der Waals surface area contributed by atoms with E-state index >= 15 is 0 Å². The molecule has 5 heteroatoms. The summed E-state index contributed by atoms with van der Waals surface area (Å²) in [6, 6.07) is 5.29. The Balaban J connectivity index is 2.50. The molecule has 2 rings (SSSR count). The molecule has 0 bridgehead atoms. The maximum atomic E-state index is 5.99. The lowest BCUT2D eigenvalue weighted by atomic mass is 10.1. The van der Waals surface area contributed by atoms with Crippen molar-refractivity contribution in [1.82, 2.24) is 9.97 Å². The van der Waals surface area contributed by atoms with Crippen LogP contribution in [0.25, 0.3) is 11.1 Å². The molecule has 2 N–H and O–H groups in total. The van der Waals surface area contributed by atoms with E-state index in [-0.39, 0.29) is 0 Å². The van der Waals surface area contributed by atoms with Crippen molar-refractivity contribution >= 4 is 17.3 Å². The lowest BCUT2D eigenvalue weighted by Gasteiger charge is -2.07. The van der Waals surface area contributed by atoms with Crippen LogP contribution in [0.3, 0.4) is 0 Å². The molecule has 0 aliphatic rings. The molecule has 2 aromatic heterocycles. The zero-order chi connectivity index (χ0) is 11.5. The number of hydrogen-bond acceptors (Lipinski definition) is 4. The van der Waals surface area contributed by atoms with E-state index in [0.717, 1.165) is 5.56 Å². The highest BCUT2D eigenvalue weighted by molar-refractivity contribution is 6.32. The molecule has 82 valence electrons. The molecule has 0 aliphatic heterocycles. The van der Waals surface area contributed by atoms with Crippen molar-refractivity contribution in [3.8, 4) is 17.0 Å². The molecule has 4 nitrogen and oxygen atoms in total. The van der Waals surface area contributed by atoms with Gasteiger partial charge >= 0.3 is 0 Å². The SMILES string of the molecule is COc1ccc(-c2c(N)ccnc2Cl)cn1. The molecule has 0 fully saturated rings. The Labute approximate surface area is 98.0 Å². The van der Waals surface area contributed by atoms with Gasteiger partial charge in [0.15, 0.2) is 0 Å². The minimum atomic E-state index is 0.368. The summed E-state index contributed by atoms with van der Waals surface area (Å²) >= 11 is 5.99. The van der Waals surface area contributed by atoms with Crippen LogP contribution < -0.4 is 10.5 Å². The fourth-order valence-corrected chi connectivity index (χ4v) is 1.66. The van der Waals surface area contributed by atoms with Crippen LogP contribution in [0.5, 0.6) is 5.88 Å². The van der Waals surface area contributed by atoms with Crippen LogP contribution in [0.1, 0.15) is 0 Å². The lowest BCUT2D eigenvalue weighted by molar-refractivity contribution is 0.398. The summed E-state index contributed by atoms with van der Waals surface area (Å²) in [6.45, 7) is 0. The van der Waals surface area contributed by atoms with Crippen LogP contribution in [0.2, 0.25) is 5.15 Å². The highest BCUT2D eigenvalue weighted by Gasteiger charge is 2.08. The predicted molar refractivity (Wildman–Crippen MR) is 63.4 cm³/mol. The van der Waals surface area contributed by atoms with E-state index in [1.807, 2.05) is 6.07 Å². The number of anilines is 1. The Morgan fingerprint density at radius 2 is 2.06 bits per heavy atom. The summed E-state index contributed by atoms with van der Waals surface area (Å²) in [6.07, 6.45) is 3.22. The Morgan fingerprint density at radius 1 is 1.25 bits per heavy atom. The third-order valence-electron chi connectivity index (χ3n) is 2.17. The molecule has 16 heavy (non-hydrogen) atoms. The number of ether oxygens (including phenoxy) is 1. The van der Waals surface area contributed by atoms with Gasteiger partial charge in [0, 0.05) is 35.3 Å². The largest absolute Gasteiger partial charge is 0.481 e. The van der Waals surface area contributed by atoms with Gasteiger partial charge in [0.25, 0.3) is 0 Å². The summed E-state index contributed by atoms with van der Waals surface area (Å²) in [7, 11) is 1.56. The molecular formula is C11H10ClN3O. The first-order valence-corrected chi connectivity index (χ1v) is 5.00. The number of nitrogens with two attached hydrogens (primary N) is 1. The zero-order valence-corrected chi connectivity index (χ0v) is 9.40. The molecular weight excluding hydrogens is 226 g/mol. The molecule has 0 atom stereocenters. The molecule has 2 heterocycles. The fourth-order valence-electron chi connectivity index (χ4n) is 1.38. The summed E-state index contributed by atoms with van der Waals surface area (Å²) in [5.41, 5.74) is 7.93. The normalized spacial score (nSPS) is 10.1. The molecule has 0 unspecified atom stereocenters. The first-order chi connectivity index (χ1) is 7.72. The van der Waals surface area contributed by atoms with Crippen molar-refractivity contribution in [2.75, 3.05) is 12.8 Å². The van der Waals surface area contributed by atoms with Crippen LogP contribution in [0, 0.1) is 0 Å². The molecule has 0 aliphatic carbocycles. The third-order valence-corrected chi connectivity index (χ3v) is 2.46. The first kappa shape index (κ1) is 10.7. The van der Waals surface area contributed by atoms with E-state index in [0.29, 0.717) is 22.3 Å². The Bertz CT molecular complexity index is 479. The van der Waals surface area contributed by atoms with Gasteiger partial charge in [-0.3, -0.25) is 0 Å². The van der Waals surface area contributed by atoms with Crippen molar-refractivity contribution < 1.29 is 4.74 Å². The highest BCUT2D eigenvalue weighted by atomic mass is 35.5. The van der Waals surface area contributed by atoms with E-state index in [2.05, 4.69) is 9.97 Å². The van der Waals surface area contributed by atoms with Crippen molar-refractivity contribution in [2.45, 2.75) is 0 Å². The average Bonchev–Trinajstić information content (AvgIpc) is 2.30. The lowest BCUT2D eigenvalue weighted by Crippen LogP contribution is -1.94. The van der Waals surface area contributed by atoms with Crippen LogP contribution in [-0.4, -0.2) is 17.1 Å². The van der Waals surface area contributed by atoms with E-state index in [4.69, 9.17) is 22.1 Å². The number of nitrogen functional groups attached to an aromatic ring is 1. The second-order valence-electron chi connectivity index (χ2n) is 3.16. The predicted octanol–water partition coefficient (Wildman–Crippen LogP) is 2.39.